The van der Waals surface area contributed by atoms with Crippen molar-refractivity contribution in [1.29, 1.82) is 0 Å². The van der Waals surface area contributed by atoms with E-state index in [0.29, 0.717) is 24.3 Å². The van der Waals surface area contributed by atoms with Gasteiger partial charge in [0.2, 0.25) is 11.8 Å². The first-order valence-corrected chi connectivity index (χ1v) is 7.72. The van der Waals surface area contributed by atoms with Gasteiger partial charge in [0, 0.05) is 38.4 Å². The number of pyridine rings is 1. The Bertz CT molecular complexity index is 537. The Morgan fingerprint density at radius 2 is 2.36 bits per heavy atom. The van der Waals surface area contributed by atoms with Crippen molar-refractivity contribution in [2.24, 2.45) is 17.8 Å². The summed E-state index contributed by atoms with van der Waals surface area (Å²) in [5.41, 5.74) is 1.08. The number of nitrogens with one attached hydrogen (secondary N) is 1. The highest BCUT2D eigenvalue weighted by atomic mass is 16.5. The summed E-state index contributed by atoms with van der Waals surface area (Å²) in [6.45, 7) is 3.95. The van der Waals surface area contributed by atoms with Crippen LogP contribution in [-0.2, 0) is 16.1 Å². The number of likely N-dealkylation sites (tertiary alicyclic amines) is 1. The predicted molar refractivity (Wildman–Crippen MR) is 81.4 cm³/mol. The normalized spacial score (nSPS) is 28.2. The van der Waals surface area contributed by atoms with Gasteiger partial charge in [0.05, 0.1) is 26.2 Å². The van der Waals surface area contributed by atoms with Crippen molar-refractivity contribution in [3.63, 3.8) is 0 Å². The minimum Gasteiger partial charge on any atom is -0.481 e. The van der Waals surface area contributed by atoms with Crippen LogP contribution in [0.4, 0.5) is 0 Å². The van der Waals surface area contributed by atoms with Gasteiger partial charge in [0.15, 0.2) is 0 Å². The summed E-state index contributed by atoms with van der Waals surface area (Å²) in [5, 5.41) is 2.76. The maximum Gasteiger partial charge on any atom is 0.225 e. The van der Waals surface area contributed by atoms with Gasteiger partial charge in [-0.15, -0.1) is 0 Å². The smallest absolute Gasteiger partial charge is 0.225 e. The second-order valence-corrected chi connectivity index (χ2v) is 6.05. The fourth-order valence-electron chi connectivity index (χ4n) is 3.64. The third kappa shape index (κ3) is 2.94. The molecule has 1 aromatic rings. The quantitative estimate of drug-likeness (QED) is 0.879. The third-order valence-corrected chi connectivity index (χ3v) is 4.73. The SMILES string of the molecule is CNC(=O)[C@@H]1COC[C@H]2CN(Cc3cccnc3OC)C[C@H]21. The van der Waals surface area contributed by atoms with Gasteiger partial charge in [0.25, 0.3) is 0 Å². The molecule has 2 fully saturated rings. The molecule has 0 aromatic carbocycles. The minimum absolute atomic E-state index is 0.0375. The van der Waals surface area contributed by atoms with Gasteiger partial charge in [0.1, 0.15) is 0 Å². The van der Waals surface area contributed by atoms with Gasteiger partial charge in [-0.1, -0.05) is 6.07 Å². The van der Waals surface area contributed by atoms with E-state index >= 15 is 0 Å². The van der Waals surface area contributed by atoms with E-state index < -0.39 is 0 Å². The van der Waals surface area contributed by atoms with Crippen LogP contribution in [0.3, 0.4) is 0 Å². The maximum absolute atomic E-state index is 12.0. The number of hydrogen-bond donors (Lipinski definition) is 1. The van der Waals surface area contributed by atoms with Crippen LogP contribution >= 0.6 is 0 Å². The van der Waals surface area contributed by atoms with Crippen LogP contribution in [0.2, 0.25) is 0 Å². The van der Waals surface area contributed by atoms with E-state index in [9.17, 15) is 4.79 Å². The van der Waals surface area contributed by atoms with E-state index in [-0.39, 0.29) is 11.8 Å². The molecule has 0 bridgehead atoms. The van der Waals surface area contributed by atoms with Crippen molar-refractivity contribution in [3.8, 4) is 5.88 Å². The Balaban J connectivity index is 1.69. The summed E-state index contributed by atoms with van der Waals surface area (Å²) in [7, 11) is 3.34. The number of aromatic nitrogens is 1. The largest absolute Gasteiger partial charge is 0.481 e. The van der Waals surface area contributed by atoms with E-state index in [2.05, 4.69) is 15.2 Å². The van der Waals surface area contributed by atoms with Gasteiger partial charge < -0.3 is 14.8 Å². The molecule has 6 heteroatoms. The lowest BCUT2D eigenvalue weighted by Gasteiger charge is -2.31. The summed E-state index contributed by atoms with van der Waals surface area (Å²) in [4.78, 5) is 18.7. The molecule has 1 amide bonds. The lowest BCUT2D eigenvalue weighted by molar-refractivity contribution is -0.133. The molecule has 1 N–H and O–H groups in total. The third-order valence-electron chi connectivity index (χ3n) is 4.73. The van der Waals surface area contributed by atoms with E-state index in [1.165, 1.54) is 0 Å². The fourth-order valence-corrected chi connectivity index (χ4v) is 3.64. The number of amides is 1. The first kappa shape index (κ1) is 15.2. The summed E-state index contributed by atoms with van der Waals surface area (Å²) in [6, 6.07) is 3.97. The molecule has 1 aromatic heterocycles. The zero-order chi connectivity index (χ0) is 15.5. The Kier molecular flexibility index (Phi) is 4.59. The zero-order valence-corrected chi connectivity index (χ0v) is 13.1. The molecule has 0 radical (unpaired) electrons. The highest BCUT2D eigenvalue weighted by Gasteiger charge is 2.43. The van der Waals surface area contributed by atoms with Crippen molar-refractivity contribution >= 4 is 5.91 Å². The molecule has 2 aliphatic heterocycles. The topological polar surface area (TPSA) is 63.7 Å². The second-order valence-electron chi connectivity index (χ2n) is 6.05. The van der Waals surface area contributed by atoms with Crippen molar-refractivity contribution in [2.45, 2.75) is 6.54 Å². The van der Waals surface area contributed by atoms with Crippen LogP contribution in [0.5, 0.6) is 5.88 Å². The number of carbonyl (C=O) groups excluding carboxylic acids is 1. The van der Waals surface area contributed by atoms with Crippen LogP contribution in [0, 0.1) is 17.8 Å². The monoisotopic (exact) mass is 305 g/mol. The van der Waals surface area contributed by atoms with Crippen molar-refractivity contribution in [1.82, 2.24) is 15.2 Å². The molecule has 0 unspecified atom stereocenters. The van der Waals surface area contributed by atoms with Crippen LogP contribution in [0.25, 0.3) is 0 Å². The average molecular weight is 305 g/mol. The molecule has 22 heavy (non-hydrogen) atoms. The van der Waals surface area contributed by atoms with E-state index in [4.69, 9.17) is 9.47 Å². The van der Waals surface area contributed by atoms with Crippen LogP contribution in [0.1, 0.15) is 5.56 Å². The summed E-state index contributed by atoms with van der Waals surface area (Å²) >= 11 is 0. The Morgan fingerprint density at radius 1 is 1.50 bits per heavy atom. The number of hydrogen-bond acceptors (Lipinski definition) is 5. The predicted octanol–water partition coefficient (Wildman–Crippen LogP) is 0.531. The lowest BCUT2D eigenvalue weighted by Crippen LogP contribution is -2.43. The number of nitrogens with zero attached hydrogens (tertiary/aromatic N) is 2. The first-order valence-electron chi connectivity index (χ1n) is 7.72. The van der Waals surface area contributed by atoms with Crippen LogP contribution < -0.4 is 10.1 Å². The molecule has 3 rings (SSSR count). The second kappa shape index (κ2) is 6.62. The molecule has 120 valence electrons. The van der Waals surface area contributed by atoms with E-state index in [0.717, 1.165) is 31.8 Å². The van der Waals surface area contributed by atoms with Gasteiger partial charge in [-0.2, -0.15) is 0 Å². The molecule has 0 spiro atoms. The first-order chi connectivity index (χ1) is 10.7. The average Bonchev–Trinajstić information content (AvgIpc) is 2.96. The lowest BCUT2D eigenvalue weighted by atomic mass is 9.82. The summed E-state index contributed by atoms with van der Waals surface area (Å²) in [5.74, 6) is 1.53. The van der Waals surface area contributed by atoms with Gasteiger partial charge in [-0.05, 0) is 17.9 Å². The Hall–Kier alpha value is -1.66. The molecule has 3 heterocycles. The molecule has 6 nitrogen and oxygen atoms in total. The van der Waals surface area contributed by atoms with Crippen LogP contribution in [0.15, 0.2) is 18.3 Å². The van der Waals surface area contributed by atoms with Crippen LogP contribution in [-0.4, -0.2) is 56.3 Å². The molecular weight excluding hydrogens is 282 g/mol. The van der Waals surface area contributed by atoms with E-state index in [1.807, 2.05) is 12.1 Å². The number of fused-ring (bicyclic) bond motifs is 1. The van der Waals surface area contributed by atoms with Gasteiger partial charge in [-0.3, -0.25) is 9.69 Å². The zero-order valence-electron chi connectivity index (χ0n) is 13.1. The maximum atomic E-state index is 12.0. The standard InChI is InChI=1S/C16H23N3O3/c1-17-15(20)14-10-22-9-12-7-19(8-13(12)14)6-11-4-3-5-18-16(11)21-2/h3-5,12-14H,6-10H2,1-2H3,(H,17,20)/t12-,13-,14-/m1/s1. The van der Waals surface area contributed by atoms with Crippen molar-refractivity contribution in [3.05, 3.63) is 23.9 Å². The van der Waals surface area contributed by atoms with E-state index in [1.54, 1.807) is 20.4 Å². The molecule has 0 saturated carbocycles. The van der Waals surface area contributed by atoms with Crippen molar-refractivity contribution in [2.75, 3.05) is 40.5 Å². The Labute approximate surface area is 130 Å². The highest BCUT2D eigenvalue weighted by Crippen LogP contribution is 2.35. The molecule has 0 aliphatic carbocycles. The van der Waals surface area contributed by atoms with Crippen molar-refractivity contribution < 1.29 is 14.3 Å². The number of methoxy groups -OCH3 is 1. The van der Waals surface area contributed by atoms with Gasteiger partial charge in [-0.25, -0.2) is 4.98 Å². The number of rotatable bonds is 4. The minimum atomic E-state index is -0.0375. The highest BCUT2D eigenvalue weighted by molar-refractivity contribution is 5.79. The fraction of sp³-hybridized carbons (Fsp3) is 0.625. The van der Waals surface area contributed by atoms with Gasteiger partial charge >= 0.3 is 0 Å². The molecule has 2 aliphatic rings. The Morgan fingerprint density at radius 3 is 3.14 bits per heavy atom. The number of carbonyl (C=O) groups is 1. The molecule has 2 saturated heterocycles. The summed E-state index contributed by atoms with van der Waals surface area (Å²) in [6.07, 6.45) is 1.74. The number of ether oxygens (including phenoxy) is 2. The molecular formula is C16H23N3O3. The summed E-state index contributed by atoms with van der Waals surface area (Å²) < 4.78 is 11.0. The molecule has 3 atom stereocenters.